The smallest absolute Gasteiger partial charge is 0.416 e. The van der Waals surface area contributed by atoms with E-state index < -0.39 is 35.6 Å². The number of aliphatic carboxylic acids is 1. The first-order valence-electron chi connectivity index (χ1n) is 26.5. The van der Waals surface area contributed by atoms with Gasteiger partial charge in [0.2, 0.25) is 5.91 Å². The van der Waals surface area contributed by atoms with Crippen molar-refractivity contribution in [3.63, 3.8) is 0 Å². The van der Waals surface area contributed by atoms with Gasteiger partial charge in [-0.15, -0.1) is 0 Å². The Morgan fingerprint density at radius 1 is 0.584 bits per heavy atom. The molecule has 2 spiro atoms. The summed E-state index contributed by atoms with van der Waals surface area (Å²) in [7, 11) is 0. The minimum atomic E-state index is -4.39. The molecule has 0 aromatic heterocycles. The predicted octanol–water partition coefficient (Wildman–Crippen LogP) is 9.67. The van der Waals surface area contributed by atoms with Crippen LogP contribution in [0, 0.1) is 23.5 Å². The van der Waals surface area contributed by atoms with Gasteiger partial charge in [-0.25, -0.2) is 13.6 Å². The standard InChI is InChI=1S/C29H33F4N3O2.C19H28FN3O.C10H7F3O2/c30-23-6-7-25-24(17-23)28(19-34-25)11-15-35(16-12-28)18-26(37)21-9-13-36(14-10-21)27(38)8-3-20-1-4-22(5-2-20)29(31,32)33;20-15-1-2-17-16(11-15)19(13-22-17)5-9-23(10-6-19)12-18(24)14-3-7-21-8-4-14;11-10(12,13)8-4-1-7(2-5-8)3-6-9(14)15/h1-8,17,21,26,34,37H,9-16,18-19H2;1-2,11,14,18,21-22,24H,3-10,12-13H2;1-6H,(H,14,15)/b8-3+;;6-3+. The zero-order valence-electron chi connectivity index (χ0n) is 42.9. The number of carbonyl (C=O) groups is 2. The lowest BCUT2D eigenvalue weighted by Gasteiger charge is -2.41. The Morgan fingerprint density at radius 2 is 0.987 bits per heavy atom. The van der Waals surface area contributed by atoms with E-state index in [4.69, 9.17) is 5.11 Å². The molecule has 19 heteroatoms. The third-order valence-electron chi connectivity index (χ3n) is 16.5. The molecule has 11 nitrogen and oxygen atoms in total. The van der Waals surface area contributed by atoms with Crippen molar-refractivity contribution >= 4 is 35.4 Å². The van der Waals surface area contributed by atoms with Crippen LogP contribution < -0.4 is 16.0 Å². The number of fused-ring (bicyclic) bond motifs is 4. The Morgan fingerprint density at radius 3 is 1.39 bits per heavy atom. The van der Waals surface area contributed by atoms with Gasteiger partial charge in [0.15, 0.2) is 0 Å². The van der Waals surface area contributed by atoms with Crippen molar-refractivity contribution in [2.45, 2.75) is 86.8 Å². The number of rotatable bonds is 10. The normalized spacial score (nSPS) is 20.6. The molecule has 6 aliphatic heterocycles. The highest BCUT2D eigenvalue weighted by Crippen LogP contribution is 2.46. The Labute approximate surface area is 444 Å². The summed E-state index contributed by atoms with van der Waals surface area (Å²) in [6.45, 7) is 9.90. The molecule has 4 fully saturated rings. The summed E-state index contributed by atoms with van der Waals surface area (Å²) in [6.07, 6.45) is 3.04. The van der Waals surface area contributed by atoms with Gasteiger partial charge in [-0.2, -0.15) is 26.3 Å². The molecule has 1 amide bonds. The third kappa shape index (κ3) is 14.8. The molecule has 6 N–H and O–H groups in total. The fourth-order valence-electron chi connectivity index (χ4n) is 11.7. The molecule has 4 saturated heterocycles. The van der Waals surface area contributed by atoms with Crippen LogP contribution in [0.1, 0.15) is 84.7 Å². The van der Waals surface area contributed by atoms with E-state index in [0.29, 0.717) is 49.5 Å². The van der Waals surface area contributed by atoms with E-state index in [1.807, 2.05) is 12.1 Å². The number of likely N-dealkylation sites (tertiary alicyclic amines) is 3. The molecule has 10 rings (SSSR count). The summed E-state index contributed by atoms with van der Waals surface area (Å²) in [5.74, 6) is -1.12. The van der Waals surface area contributed by atoms with E-state index >= 15 is 0 Å². The van der Waals surface area contributed by atoms with Crippen LogP contribution in [0.3, 0.4) is 0 Å². The van der Waals surface area contributed by atoms with Gasteiger partial charge in [0.1, 0.15) is 11.6 Å². The van der Waals surface area contributed by atoms with Crippen molar-refractivity contribution in [3.05, 3.63) is 142 Å². The minimum Gasteiger partial charge on any atom is -0.478 e. The Kier molecular flexibility index (Phi) is 18.5. The largest absolute Gasteiger partial charge is 0.478 e. The molecular weight excluding hydrogens is 1010 g/mol. The lowest BCUT2D eigenvalue weighted by Crippen LogP contribution is -2.48. The number of anilines is 2. The van der Waals surface area contributed by atoms with E-state index in [-0.39, 0.29) is 40.4 Å². The van der Waals surface area contributed by atoms with Crippen LogP contribution in [-0.2, 0) is 32.8 Å². The molecule has 6 heterocycles. The summed E-state index contributed by atoms with van der Waals surface area (Å²) in [4.78, 5) is 29.1. The molecule has 0 bridgehead atoms. The number of carboxylic acid groups (broad SMARTS) is 1. The van der Waals surface area contributed by atoms with Crippen LogP contribution in [0.15, 0.2) is 97.1 Å². The second-order valence-corrected chi connectivity index (χ2v) is 21.4. The number of amides is 1. The number of nitrogens with one attached hydrogen (secondary N) is 3. The molecule has 0 aliphatic carbocycles. The van der Waals surface area contributed by atoms with Gasteiger partial charge in [-0.1, -0.05) is 24.3 Å². The first-order valence-corrected chi connectivity index (χ1v) is 26.5. The van der Waals surface area contributed by atoms with Crippen molar-refractivity contribution in [1.29, 1.82) is 0 Å². The van der Waals surface area contributed by atoms with Gasteiger partial charge in [0.05, 0.1) is 23.3 Å². The lowest BCUT2D eigenvalue weighted by molar-refractivity contribution is -0.138. The molecule has 2 atom stereocenters. The fourth-order valence-corrected chi connectivity index (χ4v) is 11.7. The van der Waals surface area contributed by atoms with Gasteiger partial charge in [-0.05, 0) is 198 Å². The van der Waals surface area contributed by atoms with Crippen LogP contribution >= 0.6 is 0 Å². The number of halogens is 8. The van der Waals surface area contributed by atoms with Crippen LogP contribution in [0.2, 0.25) is 0 Å². The van der Waals surface area contributed by atoms with Gasteiger partial charge >= 0.3 is 18.3 Å². The number of aliphatic hydroxyl groups is 2. The van der Waals surface area contributed by atoms with Gasteiger partial charge in [-0.3, -0.25) is 4.79 Å². The van der Waals surface area contributed by atoms with E-state index in [1.54, 1.807) is 17.0 Å². The highest BCUT2D eigenvalue weighted by molar-refractivity contribution is 5.91. The molecule has 0 radical (unpaired) electrons. The van der Waals surface area contributed by atoms with Crippen molar-refractivity contribution < 1.29 is 60.0 Å². The maximum atomic E-state index is 13.9. The fraction of sp³-hybridized carbons (Fsp3) is 0.483. The average molecular weight is 1080 g/mol. The van der Waals surface area contributed by atoms with E-state index in [9.17, 15) is 54.9 Å². The third-order valence-corrected chi connectivity index (χ3v) is 16.5. The lowest BCUT2D eigenvalue weighted by atomic mass is 9.74. The zero-order valence-corrected chi connectivity index (χ0v) is 42.9. The highest BCUT2D eigenvalue weighted by Gasteiger charge is 2.44. The SMILES string of the molecule is O=C(/C=C/c1ccc(C(F)(F)F)cc1)N1CCC(C(O)CN2CCC3(CC2)CNc2ccc(F)cc23)CC1.O=C(O)/C=C/c1ccc(C(F)(F)F)cc1.OC(CN1CCC2(CC1)CNc1ccc(F)cc12)C1CCNCC1. The summed E-state index contributed by atoms with van der Waals surface area (Å²) < 4.78 is 102. The summed E-state index contributed by atoms with van der Waals surface area (Å²) in [5.41, 5.74) is 3.84. The maximum Gasteiger partial charge on any atom is 0.416 e. The molecule has 4 aromatic rings. The zero-order chi connectivity index (χ0) is 55.0. The van der Waals surface area contributed by atoms with Crippen LogP contribution in [0.4, 0.5) is 46.5 Å². The van der Waals surface area contributed by atoms with Crippen LogP contribution in [-0.4, -0.2) is 133 Å². The first kappa shape index (κ1) is 57.3. The van der Waals surface area contributed by atoms with Crippen LogP contribution in [0.5, 0.6) is 0 Å². The summed E-state index contributed by atoms with van der Waals surface area (Å²) in [6, 6.07) is 19.0. The van der Waals surface area contributed by atoms with Gasteiger partial charge in [0.25, 0.3) is 0 Å². The Hall–Kier alpha value is -5.86. The van der Waals surface area contributed by atoms with Gasteiger partial charge < -0.3 is 46.0 Å². The average Bonchev–Trinajstić information content (AvgIpc) is 4.02. The number of carboxylic acids is 1. The quantitative estimate of drug-likeness (QED) is 0.0673. The molecular formula is C58H68F8N6O5. The second kappa shape index (κ2) is 24.9. The number of piperidine rings is 4. The number of hydrogen-bond acceptors (Lipinski definition) is 9. The van der Waals surface area contributed by atoms with Crippen molar-refractivity contribution in [2.24, 2.45) is 11.8 Å². The predicted molar refractivity (Wildman–Crippen MR) is 280 cm³/mol. The summed E-state index contributed by atoms with van der Waals surface area (Å²) in [5, 5.41) is 40.0. The van der Waals surface area contributed by atoms with E-state index in [2.05, 4.69) is 25.8 Å². The number of β-amino-alcohol motifs (C(OH)–C–C–N with tert-alkyl or cyclic N) is 2. The number of carbonyl (C=O) groups excluding carboxylic acids is 1. The van der Waals surface area contributed by atoms with Gasteiger partial charge in [0, 0.05) is 73.6 Å². The number of nitrogens with zero attached hydrogens (tertiary/aromatic N) is 3. The maximum absolute atomic E-state index is 13.9. The summed E-state index contributed by atoms with van der Waals surface area (Å²) >= 11 is 0. The first-order chi connectivity index (χ1) is 36.7. The van der Waals surface area contributed by atoms with Crippen LogP contribution in [0.25, 0.3) is 12.2 Å². The molecule has 6 aliphatic rings. The topological polar surface area (TPSA) is 141 Å². The molecule has 77 heavy (non-hydrogen) atoms. The van der Waals surface area contributed by atoms with Crippen molar-refractivity contribution in [3.8, 4) is 0 Å². The number of alkyl halides is 6. The van der Waals surface area contributed by atoms with E-state index in [1.165, 1.54) is 54.6 Å². The number of hydrogen-bond donors (Lipinski definition) is 6. The monoisotopic (exact) mass is 1080 g/mol. The van der Waals surface area contributed by atoms with E-state index in [0.717, 1.165) is 150 Å². The van der Waals surface area contributed by atoms with Crippen molar-refractivity contribution in [1.82, 2.24) is 20.0 Å². The second-order valence-electron chi connectivity index (χ2n) is 21.4. The molecule has 0 saturated carbocycles. The molecule has 2 unspecified atom stereocenters. The number of benzene rings is 4. The minimum absolute atomic E-state index is 0.0432. The van der Waals surface area contributed by atoms with Crippen molar-refractivity contribution in [2.75, 3.05) is 89.2 Å². The Bertz CT molecular complexity index is 2670. The number of aliphatic hydroxyl groups excluding tert-OH is 2. The molecule has 4 aromatic carbocycles. The molecule has 416 valence electrons. The Balaban J connectivity index is 0.000000171. The highest BCUT2D eigenvalue weighted by atomic mass is 19.4.